The molecule has 0 saturated heterocycles. The molecule has 0 saturated carbocycles. The van der Waals surface area contributed by atoms with E-state index in [0.717, 1.165) is 38.0 Å². The summed E-state index contributed by atoms with van der Waals surface area (Å²) in [5.74, 6) is -0.00488. The zero-order valence-electron chi connectivity index (χ0n) is 12.1. The average Bonchev–Trinajstić information content (AvgIpc) is 2.81. The van der Waals surface area contributed by atoms with Gasteiger partial charge in [0.25, 0.3) is 0 Å². The van der Waals surface area contributed by atoms with Gasteiger partial charge >= 0.3 is 0 Å². The molecular weight excluding hydrogens is 250 g/mol. The predicted octanol–water partition coefficient (Wildman–Crippen LogP) is 2.24. The lowest BCUT2D eigenvalue weighted by atomic mass is 9.78. The van der Waals surface area contributed by atoms with Gasteiger partial charge in [-0.05, 0) is 43.4 Å². The van der Waals surface area contributed by atoms with Gasteiger partial charge in [0.1, 0.15) is 0 Å². The zero-order valence-corrected chi connectivity index (χ0v) is 12.1. The third-order valence-corrected chi connectivity index (χ3v) is 4.34. The molecule has 1 N–H and O–H groups in total. The molecule has 0 aromatic heterocycles. The van der Waals surface area contributed by atoms with E-state index in [1.807, 2.05) is 18.5 Å². The number of carbonyl (C=O) groups excluding carboxylic acids is 1. The van der Waals surface area contributed by atoms with E-state index >= 15 is 0 Å². The number of hydrogen-bond donors (Lipinski definition) is 1. The van der Waals surface area contributed by atoms with Crippen molar-refractivity contribution in [2.24, 2.45) is 4.99 Å². The predicted molar refractivity (Wildman–Crippen MR) is 81.2 cm³/mol. The molecule has 0 fully saturated rings. The highest BCUT2D eigenvalue weighted by Crippen LogP contribution is 2.37. The molecule has 1 heterocycles. The van der Waals surface area contributed by atoms with Gasteiger partial charge in [-0.2, -0.15) is 0 Å². The normalized spacial score (nSPS) is 24.0. The van der Waals surface area contributed by atoms with Crippen molar-refractivity contribution >= 4 is 17.9 Å². The summed E-state index contributed by atoms with van der Waals surface area (Å²) in [5, 5.41) is 2.94. The fraction of sp³-hybridized carbons (Fsp3) is 0.500. The van der Waals surface area contributed by atoms with E-state index in [2.05, 4.69) is 23.2 Å². The Kier molecular flexibility index (Phi) is 3.24. The number of aliphatic imine (C=N–C) groups is 1. The van der Waals surface area contributed by atoms with Crippen LogP contribution in [0.25, 0.3) is 0 Å². The van der Waals surface area contributed by atoms with Crippen LogP contribution in [-0.2, 0) is 17.6 Å². The smallest absolute Gasteiger partial charge is 0.221 e. The molecule has 1 unspecified atom stereocenters. The summed E-state index contributed by atoms with van der Waals surface area (Å²) < 4.78 is 0. The van der Waals surface area contributed by atoms with Gasteiger partial charge in [0.2, 0.25) is 5.91 Å². The van der Waals surface area contributed by atoms with Crippen molar-refractivity contribution in [3.63, 3.8) is 0 Å². The van der Waals surface area contributed by atoms with E-state index in [1.54, 1.807) is 6.92 Å². The molecular formula is C16H21N3O. The minimum Gasteiger partial charge on any atom is -0.361 e. The van der Waals surface area contributed by atoms with Crippen LogP contribution in [0, 0.1) is 0 Å². The van der Waals surface area contributed by atoms with Crippen LogP contribution in [0.3, 0.4) is 0 Å². The summed E-state index contributed by atoms with van der Waals surface area (Å²) in [6, 6.07) is 6.19. The number of benzene rings is 1. The van der Waals surface area contributed by atoms with Crippen LogP contribution in [0.15, 0.2) is 23.2 Å². The lowest BCUT2D eigenvalue weighted by molar-refractivity contribution is -0.114. The van der Waals surface area contributed by atoms with E-state index < -0.39 is 0 Å². The Hall–Kier alpha value is -1.84. The second kappa shape index (κ2) is 4.93. The van der Waals surface area contributed by atoms with E-state index in [-0.39, 0.29) is 11.4 Å². The van der Waals surface area contributed by atoms with Crippen molar-refractivity contribution < 1.29 is 4.79 Å². The van der Waals surface area contributed by atoms with Crippen molar-refractivity contribution in [3.05, 3.63) is 29.3 Å². The molecule has 1 atom stereocenters. The number of fused-ring (bicyclic) bond motifs is 1. The molecule has 4 heteroatoms. The number of nitrogens with one attached hydrogen (secondary N) is 1. The summed E-state index contributed by atoms with van der Waals surface area (Å²) in [6.45, 7) is 5.76. The molecule has 0 radical (unpaired) electrons. The van der Waals surface area contributed by atoms with Gasteiger partial charge in [-0.15, -0.1) is 0 Å². The first kappa shape index (κ1) is 13.2. The fourth-order valence-electron chi connectivity index (χ4n) is 3.31. The summed E-state index contributed by atoms with van der Waals surface area (Å²) >= 11 is 0. The van der Waals surface area contributed by atoms with Gasteiger partial charge in [-0.25, -0.2) is 0 Å². The highest BCUT2D eigenvalue weighted by atomic mass is 16.1. The van der Waals surface area contributed by atoms with Gasteiger partial charge in [0, 0.05) is 25.7 Å². The largest absolute Gasteiger partial charge is 0.361 e. The van der Waals surface area contributed by atoms with E-state index in [0.29, 0.717) is 0 Å². The van der Waals surface area contributed by atoms with Gasteiger partial charge in [0.15, 0.2) is 0 Å². The third-order valence-electron chi connectivity index (χ3n) is 4.34. The molecule has 1 amide bonds. The zero-order chi connectivity index (χ0) is 14.2. The topological polar surface area (TPSA) is 44.7 Å². The molecule has 1 aliphatic heterocycles. The van der Waals surface area contributed by atoms with Crippen molar-refractivity contribution in [1.29, 1.82) is 0 Å². The minimum absolute atomic E-state index is 0.00488. The maximum Gasteiger partial charge on any atom is 0.221 e. The summed E-state index contributed by atoms with van der Waals surface area (Å²) in [7, 11) is 0. The number of likely N-dealkylation sites (N-methyl/N-ethyl adjacent to an activating group) is 1. The van der Waals surface area contributed by atoms with Crippen molar-refractivity contribution in [3.8, 4) is 0 Å². The first-order valence-corrected chi connectivity index (χ1v) is 7.30. The first-order chi connectivity index (χ1) is 9.62. The lowest BCUT2D eigenvalue weighted by Gasteiger charge is -2.34. The molecule has 1 aromatic carbocycles. The Morgan fingerprint density at radius 2 is 2.35 bits per heavy atom. The van der Waals surface area contributed by atoms with Gasteiger partial charge < -0.3 is 10.2 Å². The molecule has 0 bridgehead atoms. The maximum atomic E-state index is 11.3. The van der Waals surface area contributed by atoms with Gasteiger partial charge in [0.05, 0.1) is 11.9 Å². The second-order valence-electron chi connectivity index (χ2n) is 5.83. The van der Waals surface area contributed by atoms with Crippen LogP contribution >= 0.6 is 0 Å². The maximum absolute atomic E-state index is 11.3. The molecule has 1 spiro atoms. The third kappa shape index (κ3) is 2.30. The van der Waals surface area contributed by atoms with Gasteiger partial charge in [-0.3, -0.25) is 9.79 Å². The monoisotopic (exact) mass is 271 g/mol. The SMILES string of the molecule is CCN1C=NC2(CCc3c(cccc3NC(C)=O)C2)C1. The highest BCUT2D eigenvalue weighted by Gasteiger charge is 2.38. The molecule has 3 rings (SSSR count). The van der Waals surface area contributed by atoms with Crippen LogP contribution in [-0.4, -0.2) is 35.8 Å². The Labute approximate surface area is 119 Å². The molecule has 4 nitrogen and oxygen atoms in total. The number of anilines is 1. The Morgan fingerprint density at radius 3 is 3.05 bits per heavy atom. The van der Waals surface area contributed by atoms with Crippen molar-refractivity contribution in [2.45, 2.75) is 38.6 Å². The van der Waals surface area contributed by atoms with Crippen LogP contribution in [0.2, 0.25) is 0 Å². The Bertz CT molecular complexity index is 567. The molecule has 20 heavy (non-hydrogen) atoms. The first-order valence-electron chi connectivity index (χ1n) is 7.30. The molecule has 1 aliphatic carbocycles. The van der Waals surface area contributed by atoms with E-state index in [9.17, 15) is 4.79 Å². The van der Waals surface area contributed by atoms with Crippen LogP contribution in [0.4, 0.5) is 5.69 Å². The van der Waals surface area contributed by atoms with Crippen molar-refractivity contribution in [2.75, 3.05) is 18.4 Å². The average molecular weight is 271 g/mol. The van der Waals surface area contributed by atoms with Crippen LogP contribution in [0.5, 0.6) is 0 Å². The fourth-order valence-corrected chi connectivity index (χ4v) is 3.31. The van der Waals surface area contributed by atoms with Crippen LogP contribution in [0.1, 0.15) is 31.4 Å². The summed E-state index contributed by atoms with van der Waals surface area (Å²) in [4.78, 5) is 18.4. The quantitative estimate of drug-likeness (QED) is 0.896. The molecule has 106 valence electrons. The number of amides is 1. The number of carbonyl (C=O) groups is 1. The van der Waals surface area contributed by atoms with Crippen molar-refractivity contribution in [1.82, 2.24) is 4.90 Å². The van der Waals surface area contributed by atoms with Crippen LogP contribution < -0.4 is 5.32 Å². The highest BCUT2D eigenvalue weighted by molar-refractivity contribution is 5.89. The lowest BCUT2D eigenvalue weighted by Crippen LogP contribution is -2.39. The Balaban J connectivity index is 1.86. The van der Waals surface area contributed by atoms with Gasteiger partial charge in [-0.1, -0.05) is 12.1 Å². The second-order valence-corrected chi connectivity index (χ2v) is 5.83. The molecule has 2 aliphatic rings. The summed E-state index contributed by atoms with van der Waals surface area (Å²) in [5.41, 5.74) is 3.65. The number of hydrogen-bond acceptors (Lipinski definition) is 3. The number of nitrogens with zero attached hydrogens (tertiary/aromatic N) is 2. The standard InChI is InChI=1S/C16H21N3O/c1-3-19-10-16(17-11-19)8-7-14-13(9-16)5-4-6-15(14)18-12(2)20/h4-6,11H,3,7-10H2,1-2H3,(H,18,20). The molecule has 1 aromatic rings. The number of rotatable bonds is 2. The summed E-state index contributed by atoms with van der Waals surface area (Å²) in [6.07, 6.45) is 5.02. The van der Waals surface area contributed by atoms with E-state index in [1.165, 1.54) is 11.1 Å². The Morgan fingerprint density at radius 1 is 1.50 bits per heavy atom. The van der Waals surface area contributed by atoms with E-state index in [4.69, 9.17) is 4.99 Å². The minimum atomic E-state index is -0.00488.